The first-order valence-electron chi connectivity index (χ1n) is 8.41. The van der Waals surface area contributed by atoms with Gasteiger partial charge < -0.3 is 9.47 Å². The van der Waals surface area contributed by atoms with E-state index in [1.165, 1.54) is 7.11 Å². The molecule has 1 fully saturated rings. The molecular formula is C18H26N2O5. The predicted molar refractivity (Wildman–Crippen MR) is 93.0 cm³/mol. The lowest BCUT2D eigenvalue weighted by atomic mass is 9.73. The van der Waals surface area contributed by atoms with Crippen LogP contribution in [0.3, 0.4) is 0 Å². The highest BCUT2D eigenvalue weighted by molar-refractivity contribution is 5.77. The van der Waals surface area contributed by atoms with Crippen molar-refractivity contribution in [2.24, 2.45) is 11.3 Å². The van der Waals surface area contributed by atoms with Gasteiger partial charge in [-0.2, -0.15) is 0 Å². The van der Waals surface area contributed by atoms with Gasteiger partial charge in [-0.05, 0) is 18.4 Å². The number of hydrogen-bond acceptors (Lipinski definition) is 6. The molecule has 1 heterocycles. The van der Waals surface area contributed by atoms with Crippen LogP contribution in [-0.4, -0.2) is 36.7 Å². The molecule has 0 radical (unpaired) electrons. The van der Waals surface area contributed by atoms with E-state index < -0.39 is 35.4 Å². The highest BCUT2D eigenvalue weighted by Gasteiger charge is 2.58. The molecule has 2 rings (SSSR count). The molecule has 1 aromatic rings. The zero-order chi connectivity index (χ0) is 18.8. The Morgan fingerprint density at radius 1 is 1.32 bits per heavy atom. The molecule has 0 bridgehead atoms. The Bertz CT molecular complexity index is 641. The van der Waals surface area contributed by atoms with E-state index >= 15 is 0 Å². The number of nitrogens with zero attached hydrogens (tertiary/aromatic N) is 1. The highest BCUT2D eigenvalue weighted by atomic mass is 16.6. The van der Waals surface area contributed by atoms with Gasteiger partial charge in [0.05, 0.1) is 19.6 Å². The Hall–Kier alpha value is -2.15. The van der Waals surface area contributed by atoms with Gasteiger partial charge in [-0.3, -0.25) is 20.2 Å². The lowest BCUT2D eigenvalue weighted by Gasteiger charge is -2.31. The number of carbonyl (C=O) groups excluding carboxylic acids is 1. The van der Waals surface area contributed by atoms with Gasteiger partial charge in [-0.15, -0.1) is 0 Å². The normalized spacial score (nSPS) is 26.3. The number of hydrogen-bond donors (Lipinski definition) is 1. The molecule has 0 saturated carbocycles. The van der Waals surface area contributed by atoms with Crippen molar-refractivity contribution in [2.45, 2.75) is 45.8 Å². The van der Waals surface area contributed by atoms with Gasteiger partial charge >= 0.3 is 5.97 Å². The zero-order valence-corrected chi connectivity index (χ0v) is 15.3. The fourth-order valence-electron chi connectivity index (χ4n) is 3.71. The van der Waals surface area contributed by atoms with E-state index in [0.29, 0.717) is 11.3 Å². The van der Waals surface area contributed by atoms with E-state index in [2.05, 4.69) is 5.32 Å². The number of nitro groups is 1. The Morgan fingerprint density at radius 3 is 2.48 bits per heavy atom. The molecule has 1 saturated heterocycles. The molecule has 0 aromatic heterocycles. The van der Waals surface area contributed by atoms with Crippen molar-refractivity contribution in [3.05, 3.63) is 39.9 Å². The Kier molecular flexibility index (Phi) is 5.67. The molecule has 1 aliphatic heterocycles. The second-order valence-corrected chi connectivity index (χ2v) is 7.28. The summed E-state index contributed by atoms with van der Waals surface area (Å²) in [4.78, 5) is 24.1. The monoisotopic (exact) mass is 350 g/mol. The Morgan fingerprint density at radius 2 is 1.96 bits per heavy atom. The van der Waals surface area contributed by atoms with E-state index in [-0.39, 0.29) is 11.5 Å². The van der Waals surface area contributed by atoms with E-state index in [9.17, 15) is 14.9 Å². The van der Waals surface area contributed by atoms with Gasteiger partial charge in [0.2, 0.25) is 6.04 Å². The molecule has 0 amide bonds. The third kappa shape index (κ3) is 3.76. The van der Waals surface area contributed by atoms with Crippen molar-refractivity contribution in [1.29, 1.82) is 0 Å². The molecule has 0 aliphatic carbocycles. The van der Waals surface area contributed by atoms with Crippen LogP contribution in [-0.2, 0) is 9.53 Å². The number of methoxy groups -OCH3 is 1. The summed E-state index contributed by atoms with van der Waals surface area (Å²) in [5.74, 6) is -0.410. The van der Waals surface area contributed by atoms with Crippen LogP contribution in [0.15, 0.2) is 24.3 Å². The number of nitrogens with one attached hydrogen (secondary N) is 1. The largest absolute Gasteiger partial charge is 0.496 e. The van der Waals surface area contributed by atoms with Crippen LogP contribution in [0.4, 0.5) is 0 Å². The number of benzene rings is 1. The summed E-state index contributed by atoms with van der Waals surface area (Å²) in [5.41, 5.74) is 0.214. The minimum atomic E-state index is -0.967. The second kappa shape index (κ2) is 7.39. The summed E-state index contributed by atoms with van der Waals surface area (Å²) < 4.78 is 10.5. The van der Waals surface area contributed by atoms with Crippen LogP contribution in [0, 0.1) is 21.4 Å². The maximum atomic E-state index is 12.5. The van der Waals surface area contributed by atoms with E-state index in [1.54, 1.807) is 25.1 Å². The van der Waals surface area contributed by atoms with Gasteiger partial charge in [0.25, 0.3) is 0 Å². The summed E-state index contributed by atoms with van der Waals surface area (Å²) >= 11 is 0. The van der Waals surface area contributed by atoms with E-state index in [4.69, 9.17) is 9.47 Å². The molecule has 7 nitrogen and oxygen atoms in total. The van der Waals surface area contributed by atoms with Crippen LogP contribution >= 0.6 is 0 Å². The first kappa shape index (κ1) is 19.2. The molecule has 1 aliphatic rings. The third-order valence-corrected chi connectivity index (χ3v) is 4.69. The van der Waals surface area contributed by atoms with Crippen molar-refractivity contribution < 1.29 is 19.2 Å². The van der Waals surface area contributed by atoms with Crippen molar-refractivity contribution in [1.82, 2.24) is 5.32 Å². The average Bonchev–Trinajstić information content (AvgIpc) is 2.96. The number of rotatable bonds is 5. The summed E-state index contributed by atoms with van der Waals surface area (Å²) in [7, 11) is 1.53. The fourth-order valence-corrected chi connectivity index (χ4v) is 3.71. The molecule has 0 spiro atoms. The van der Waals surface area contributed by atoms with Crippen LogP contribution in [0.2, 0.25) is 0 Å². The molecule has 0 unspecified atom stereocenters. The van der Waals surface area contributed by atoms with Crippen molar-refractivity contribution in [3.63, 3.8) is 0 Å². The van der Waals surface area contributed by atoms with Crippen LogP contribution in [0.1, 0.15) is 39.3 Å². The zero-order valence-electron chi connectivity index (χ0n) is 15.3. The number of esters is 1. The molecule has 138 valence electrons. The first-order chi connectivity index (χ1) is 11.7. The average molecular weight is 350 g/mol. The Labute approximate surface area is 147 Å². The smallest absolute Gasteiger partial charge is 0.323 e. The molecule has 4 atom stereocenters. The second-order valence-electron chi connectivity index (χ2n) is 7.28. The third-order valence-electron chi connectivity index (χ3n) is 4.69. The van der Waals surface area contributed by atoms with Gasteiger partial charge in [0, 0.05) is 10.5 Å². The van der Waals surface area contributed by atoms with Gasteiger partial charge in [0.15, 0.2) is 0 Å². The first-order valence-corrected chi connectivity index (χ1v) is 8.41. The highest BCUT2D eigenvalue weighted by Crippen LogP contribution is 2.45. The Balaban J connectivity index is 2.53. The summed E-state index contributed by atoms with van der Waals surface area (Å²) in [6.45, 7) is 7.68. The summed E-state index contributed by atoms with van der Waals surface area (Å²) in [6, 6.07) is 4.82. The fraction of sp³-hybridized carbons (Fsp3) is 0.611. The van der Waals surface area contributed by atoms with Crippen molar-refractivity contribution in [2.75, 3.05) is 13.7 Å². The van der Waals surface area contributed by atoms with Gasteiger partial charge in [0.1, 0.15) is 17.8 Å². The number of ether oxygens (including phenoxy) is 2. The maximum absolute atomic E-state index is 12.5. The van der Waals surface area contributed by atoms with Crippen molar-refractivity contribution >= 4 is 5.97 Å². The molecule has 1 N–H and O–H groups in total. The van der Waals surface area contributed by atoms with E-state index in [0.717, 1.165) is 0 Å². The van der Waals surface area contributed by atoms with Gasteiger partial charge in [-0.25, -0.2) is 0 Å². The minimum Gasteiger partial charge on any atom is -0.496 e. The topological polar surface area (TPSA) is 90.7 Å². The van der Waals surface area contributed by atoms with Crippen LogP contribution < -0.4 is 10.1 Å². The standard InChI is InChI=1S/C18H26N2O5/c1-6-25-17(21)15-13(18(2,3)4)16(20(22)23)14(19-15)11-9-7-8-10-12(11)24-5/h7-10,13-16,19H,6H2,1-5H3/t13-,14-,15-,16-/m1/s1. The molecule has 1 aromatic carbocycles. The van der Waals surface area contributed by atoms with Crippen LogP contribution in [0.5, 0.6) is 5.75 Å². The molecule has 25 heavy (non-hydrogen) atoms. The number of carbonyl (C=O) groups is 1. The maximum Gasteiger partial charge on any atom is 0.323 e. The molecular weight excluding hydrogens is 324 g/mol. The van der Waals surface area contributed by atoms with Crippen LogP contribution in [0.25, 0.3) is 0 Å². The minimum absolute atomic E-state index is 0.232. The predicted octanol–water partition coefficient (Wildman–Crippen LogP) is 2.58. The van der Waals surface area contributed by atoms with E-state index in [1.807, 2.05) is 26.8 Å². The SMILES string of the molecule is CCOC(=O)[C@@H]1N[C@H](c2ccccc2OC)[C@H]([N+](=O)[O-])[C@@H]1C(C)(C)C. The lowest BCUT2D eigenvalue weighted by Crippen LogP contribution is -2.45. The summed E-state index contributed by atoms with van der Waals surface area (Å²) in [6.07, 6.45) is 0. The van der Waals surface area contributed by atoms with Gasteiger partial charge in [-0.1, -0.05) is 39.0 Å². The van der Waals surface area contributed by atoms with Crippen molar-refractivity contribution in [3.8, 4) is 5.75 Å². The number of para-hydroxylation sites is 1. The molecule has 7 heteroatoms. The quantitative estimate of drug-likeness (QED) is 0.499. The summed E-state index contributed by atoms with van der Waals surface area (Å²) in [5, 5.41) is 15.1. The lowest BCUT2D eigenvalue weighted by molar-refractivity contribution is -0.535.